The van der Waals surface area contributed by atoms with Gasteiger partial charge < -0.3 is 9.64 Å². The van der Waals surface area contributed by atoms with Crippen molar-refractivity contribution in [3.8, 4) is 5.75 Å². The molecule has 1 aliphatic heterocycles. The molecule has 0 bridgehead atoms. The predicted molar refractivity (Wildman–Crippen MR) is 120 cm³/mol. The Hall–Kier alpha value is -3.86. The molecule has 0 N–H and O–H groups in total. The number of amides is 1. The Bertz CT molecular complexity index is 1210. The zero-order valence-electron chi connectivity index (χ0n) is 17.4. The third-order valence-electron chi connectivity index (χ3n) is 5.71. The van der Waals surface area contributed by atoms with Crippen molar-refractivity contribution in [1.29, 1.82) is 0 Å². The van der Waals surface area contributed by atoms with Crippen molar-refractivity contribution in [2.45, 2.75) is 19.6 Å². The molecule has 5 heteroatoms. The van der Waals surface area contributed by atoms with E-state index in [4.69, 9.17) is 4.74 Å². The van der Waals surface area contributed by atoms with Crippen LogP contribution in [0.15, 0.2) is 85.1 Å². The van der Waals surface area contributed by atoms with E-state index in [1.165, 1.54) is 0 Å². The molecule has 5 nitrogen and oxygen atoms in total. The number of aryl methyl sites for hydroxylation is 1. The molecule has 1 amide bonds. The van der Waals surface area contributed by atoms with Crippen LogP contribution in [0.4, 0.5) is 5.69 Å². The van der Waals surface area contributed by atoms with Crippen LogP contribution in [-0.2, 0) is 26.6 Å². The van der Waals surface area contributed by atoms with E-state index >= 15 is 0 Å². The van der Waals surface area contributed by atoms with Crippen LogP contribution in [0.2, 0.25) is 0 Å². The van der Waals surface area contributed by atoms with Gasteiger partial charge in [-0.1, -0.05) is 48.5 Å². The van der Waals surface area contributed by atoms with Gasteiger partial charge in [-0.3, -0.25) is 9.48 Å². The number of carbonyl (C=O) groups is 1. The first kappa shape index (κ1) is 19.1. The maximum absolute atomic E-state index is 13.5. The Morgan fingerprint density at radius 3 is 2.48 bits per heavy atom. The number of anilines is 1. The Labute approximate surface area is 181 Å². The number of benzene rings is 3. The monoisotopic (exact) mass is 409 g/mol. The van der Waals surface area contributed by atoms with Gasteiger partial charge in [0.1, 0.15) is 12.4 Å². The summed E-state index contributed by atoms with van der Waals surface area (Å²) in [5.74, 6) is 0.713. The van der Waals surface area contributed by atoms with E-state index in [1.54, 1.807) is 0 Å². The summed E-state index contributed by atoms with van der Waals surface area (Å²) in [7, 11) is 1.95. The van der Waals surface area contributed by atoms with Crippen LogP contribution in [0.3, 0.4) is 0 Å². The first-order valence-corrected chi connectivity index (χ1v) is 10.4. The third-order valence-corrected chi connectivity index (χ3v) is 5.71. The smallest absolute Gasteiger partial charge is 0.258 e. The van der Waals surface area contributed by atoms with Crippen molar-refractivity contribution < 1.29 is 9.53 Å². The minimum Gasteiger partial charge on any atom is -0.489 e. The zero-order valence-corrected chi connectivity index (χ0v) is 17.4. The number of hydrogen-bond acceptors (Lipinski definition) is 3. The SMILES string of the molecule is Cn1ncc2c1Cc1ccccc1N(C(=O)c1ccc(OCc3ccccc3)cc1)C2. The minimum atomic E-state index is -0.0289. The van der Waals surface area contributed by atoms with E-state index in [9.17, 15) is 4.79 Å². The van der Waals surface area contributed by atoms with Crippen molar-refractivity contribution in [1.82, 2.24) is 9.78 Å². The lowest BCUT2D eigenvalue weighted by Gasteiger charge is -2.23. The predicted octanol–water partition coefficient (Wildman–Crippen LogP) is 4.75. The van der Waals surface area contributed by atoms with Gasteiger partial charge in [0.05, 0.1) is 12.7 Å². The van der Waals surface area contributed by atoms with Crippen LogP contribution in [0.5, 0.6) is 5.75 Å². The molecule has 1 aliphatic rings. The van der Waals surface area contributed by atoms with Crippen molar-refractivity contribution in [2.75, 3.05) is 4.90 Å². The van der Waals surface area contributed by atoms with Gasteiger partial charge in [-0.25, -0.2) is 0 Å². The summed E-state index contributed by atoms with van der Waals surface area (Å²) in [4.78, 5) is 15.3. The lowest BCUT2D eigenvalue weighted by atomic mass is 10.1. The molecule has 4 aromatic rings. The molecule has 0 atom stereocenters. The standard InChI is InChI=1S/C26H23N3O2/c1-28-25-15-21-9-5-6-10-24(21)29(17-22(25)16-27-28)26(30)20-11-13-23(14-12-20)31-18-19-7-3-2-4-8-19/h2-14,16H,15,17-18H2,1H3. The lowest BCUT2D eigenvalue weighted by molar-refractivity contribution is 0.0985. The van der Waals surface area contributed by atoms with E-state index in [2.05, 4.69) is 11.2 Å². The van der Waals surface area contributed by atoms with Gasteiger partial charge >= 0.3 is 0 Å². The van der Waals surface area contributed by atoms with Crippen LogP contribution in [0.25, 0.3) is 0 Å². The van der Waals surface area contributed by atoms with Gasteiger partial charge in [0, 0.05) is 36.0 Å². The molecular weight excluding hydrogens is 386 g/mol. The van der Waals surface area contributed by atoms with Gasteiger partial charge in [-0.05, 0) is 41.5 Å². The number of fused-ring (bicyclic) bond motifs is 2. The normalized spacial score (nSPS) is 12.6. The first-order chi connectivity index (χ1) is 15.2. The fourth-order valence-electron chi connectivity index (χ4n) is 4.00. The second-order valence-electron chi connectivity index (χ2n) is 7.74. The molecule has 1 aromatic heterocycles. The molecule has 0 saturated carbocycles. The molecular formula is C26H23N3O2. The van der Waals surface area contributed by atoms with Gasteiger partial charge in [-0.2, -0.15) is 5.10 Å². The average Bonchev–Trinajstić information content (AvgIpc) is 3.06. The largest absolute Gasteiger partial charge is 0.489 e. The number of hydrogen-bond donors (Lipinski definition) is 0. The molecule has 5 rings (SSSR count). The van der Waals surface area contributed by atoms with Gasteiger partial charge in [0.2, 0.25) is 0 Å². The van der Waals surface area contributed by atoms with Crippen molar-refractivity contribution in [2.24, 2.45) is 7.05 Å². The maximum Gasteiger partial charge on any atom is 0.258 e. The van der Waals surface area contributed by atoms with E-state index < -0.39 is 0 Å². The quantitative estimate of drug-likeness (QED) is 0.489. The summed E-state index contributed by atoms with van der Waals surface area (Å²) < 4.78 is 7.76. The Morgan fingerprint density at radius 2 is 1.68 bits per heavy atom. The highest BCUT2D eigenvalue weighted by Gasteiger charge is 2.26. The highest BCUT2D eigenvalue weighted by molar-refractivity contribution is 6.06. The molecule has 0 radical (unpaired) electrons. The second kappa shape index (κ2) is 8.11. The van der Waals surface area contributed by atoms with Crippen molar-refractivity contribution >= 4 is 11.6 Å². The minimum absolute atomic E-state index is 0.0289. The van der Waals surface area contributed by atoms with Crippen LogP contribution < -0.4 is 9.64 Å². The van der Waals surface area contributed by atoms with E-state index in [0.29, 0.717) is 18.7 Å². The number of nitrogens with zero attached hydrogens (tertiary/aromatic N) is 3. The molecule has 0 spiro atoms. The summed E-state index contributed by atoms with van der Waals surface area (Å²) in [5.41, 5.74) is 6.04. The third kappa shape index (κ3) is 3.82. The van der Waals surface area contributed by atoms with Gasteiger partial charge in [0.25, 0.3) is 5.91 Å². The van der Waals surface area contributed by atoms with Crippen molar-refractivity contribution in [3.63, 3.8) is 0 Å². The van der Waals surface area contributed by atoms with E-state index in [0.717, 1.165) is 40.2 Å². The zero-order chi connectivity index (χ0) is 21.2. The Morgan fingerprint density at radius 1 is 0.935 bits per heavy atom. The summed E-state index contributed by atoms with van der Waals surface area (Å²) in [6.45, 7) is 1.00. The van der Waals surface area contributed by atoms with Gasteiger partial charge in [-0.15, -0.1) is 0 Å². The van der Waals surface area contributed by atoms with Crippen molar-refractivity contribution in [3.05, 3.63) is 113 Å². The fourth-order valence-corrected chi connectivity index (χ4v) is 4.00. The second-order valence-corrected chi connectivity index (χ2v) is 7.74. The van der Waals surface area contributed by atoms with E-state index in [1.807, 2.05) is 95.6 Å². The number of aromatic nitrogens is 2. The molecule has 154 valence electrons. The van der Waals surface area contributed by atoms with Gasteiger partial charge in [0.15, 0.2) is 0 Å². The number of para-hydroxylation sites is 1. The molecule has 0 aliphatic carbocycles. The molecule has 31 heavy (non-hydrogen) atoms. The van der Waals surface area contributed by atoms with Crippen LogP contribution >= 0.6 is 0 Å². The molecule has 0 saturated heterocycles. The highest BCUT2D eigenvalue weighted by atomic mass is 16.5. The van der Waals surface area contributed by atoms with E-state index in [-0.39, 0.29) is 5.91 Å². The number of ether oxygens (including phenoxy) is 1. The average molecular weight is 409 g/mol. The van der Waals surface area contributed by atoms with Crippen LogP contribution in [0, 0.1) is 0 Å². The summed E-state index contributed by atoms with van der Waals surface area (Å²) in [6.07, 6.45) is 2.63. The summed E-state index contributed by atoms with van der Waals surface area (Å²) in [5, 5.41) is 4.40. The number of carbonyl (C=O) groups excluding carboxylic acids is 1. The van der Waals surface area contributed by atoms with Crippen LogP contribution in [-0.4, -0.2) is 15.7 Å². The molecule has 0 fully saturated rings. The molecule has 0 unspecified atom stereocenters. The first-order valence-electron chi connectivity index (χ1n) is 10.4. The topological polar surface area (TPSA) is 47.4 Å². The highest BCUT2D eigenvalue weighted by Crippen LogP contribution is 2.31. The summed E-state index contributed by atoms with van der Waals surface area (Å²) >= 11 is 0. The molecule has 3 aromatic carbocycles. The Balaban J connectivity index is 1.39. The maximum atomic E-state index is 13.5. The Kier molecular flexibility index (Phi) is 5.00. The van der Waals surface area contributed by atoms with Crippen LogP contribution in [0.1, 0.15) is 32.7 Å². The summed E-state index contributed by atoms with van der Waals surface area (Å²) in [6, 6.07) is 25.5. The molecule has 2 heterocycles. The fraction of sp³-hybridized carbons (Fsp3) is 0.154. The number of rotatable bonds is 4. The lowest BCUT2D eigenvalue weighted by Crippen LogP contribution is -2.30.